The maximum absolute atomic E-state index is 12.9. The van der Waals surface area contributed by atoms with Crippen LogP contribution in [0.4, 0.5) is 9.93 Å². The Kier molecular flexibility index (Phi) is 6.55. The highest BCUT2D eigenvalue weighted by Crippen LogP contribution is 2.29. The second-order valence-electron chi connectivity index (χ2n) is 8.15. The van der Waals surface area contributed by atoms with Crippen molar-refractivity contribution in [1.82, 2.24) is 9.88 Å². The molecule has 0 unspecified atom stereocenters. The van der Waals surface area contributed by atoms with Gasteiger partial charge >= 0.3 is 6.09 Å². The van der Waals surface area contributed by atoms with E-state index in [2.05, 4.69) is 43.2 Å². The summed E-state index contributed by atoms with van der Waals surface area (Å²) in [5, 5.41) is 5.37. The van der Waals surface area contributed by atoms with Crippen molar-refractivity contribution in [2.24, 2.45) is 0 Å². The average Bonchev–Trinajstić information content (AvgIpc) is 3.46. The highest BCUT2D eigenvalue weighted by atomic mass is 32.1. The summed E-state index contributed by atoms with van der Waals surface area (Å²) < 4.78 is 5.43. The summed E-state index contributed by atoms with van der Waals surface area (Å²) in [4.78, 5) is 31.6. The van der Waals surface area contributed by atoms with Gasteiger partial charge in [-0.1, -0.05) is 30.3 Å². The molecule has 166 valence electrons. The van der Waals surface area contributed by atoms with Crippen LogP contribution in [0.15, 0.2) is 47.8 Å². The number of amides is 2. The van der Waals surface area contributed by atoms with Gasteiger partial charge in [-0.05, 0) is 68.0 Å². The average molecular weight is 450 g/mol. The van der Waals surface area contributed by atoms with Crippen LogP contribution in [0, 0.1) is 20.8 Å². The van der Waals surface area contributed by atoms with Crippen LogP contribution in [0.25, 0.3) is 11.3 Å². The van der Waals surface area contributed by atoms with Crippen molar-refractivity contribution in [2.75, 3.05) is 11.9 Å². The molecule has 0 saturated carbocycles. The molecule has 2 amide bonds. The number of anilines is 1. The first kappa shape index (κ1) is 22.0. The number of aryl methyl sites for hydroxylation is 2. The van der Waals surface area contributed by atoms with Gasteiger partial charge in [-0.15, -0.1) is 11.3 Å². The van der Waals surface area contributed by atoms with Crippen molar-refractivity contribution in [3.63, 3.8) is 0 Å². The van der Waals surface area contributed by atoms with Crippen LogP contribution in [0.5, 0.6) is 0 Å². The van der Waals surface area contributed by atoms with Gasteiger partial charge in [-0.2, -0.15) is 0 Å². The standard InChI is InChI=1S/C25H27N3O3S/c1-16-12-20(13-17(2)18(16)3)21-15-32-24(26-21)27-23(29)22-10-7-11-28(22)25(30)31-14-19-8-5-4-6-9-19/h4-6,8-9,12-13,15,22H,7,10-11,14H2,1-3H3,(H,26,27,29)/t22-/m0/s1. The number of carbonyl (C=O) groups is 2. The Morgan fingerprint density at radius 3 is 2.59 bits per heavy atom. The molecule has 4 rings (SSSR count). The van der Waals surface area contributed by atoms with Gasteiger partial charge in [0.25, 0.3) is 0 Å². The summed E-state index contributed by atoms with van der Waals surface area (Å²) in [5.74, 6) is -0.226. The molecule has 1 aromatic heterocycles. The fourth-order valence-electron chi connectivity index (χ4n) is 3.90. The monoisotopic (exact) mass is 449 g/mol. The van der Waals surface area contributed by atoms with Crippen LogP contribution in [0.3, 0.4) is 0 Å². The predicted octanol–water partition coefficient (Wildman–Crippen LogP) is 5.48. The molecule has 0 aliphatic carbocycles. The lowest BCUT2D eigenvalue weighted by molar-refractivity contribution is -0.120. The maximum atomic E-state index is 12.9. The number of benzene rings is 2. The van der Waals surface area contributed by atoms with E-state index in [0.717, 1.165) is 23.2 Å². The van der Waals surface area contributed by atoms with Gasteiger partial charge in [0.05, 0.1) is 5.69 Å². The van der Waals surface area contributed by atoms with Crippen LogP contribution in [0.1, 0.15) is 35.1 Å². The Morgan fingerprint density at radius 2 is 1.88 bits per heavy atom. The lowest BCUT2D eigenvalue weighted by Crippen LogP contribution is -2.43. The molecule has 1 aliphatic heterocycles. The topological polar surface area (TPSA) is 71.5 Å². The van der Waals surface area contributed by atoms with E-state index in [-0.39, 0.29) is 12.5 Å². The van der Waals surface area contributed by atoms with Gasteiger partial charge in [-0.3, -0.25) is 9.69 Å². The molecule has 32 heavy (non-hydrogen) atoms. The second-order valence-corrected chi connectivity index (χ2v) is 9.01. The molecule has 3 aromatic rings. The van der Waals surface area contributed by atoms with Gasteiger partial charge in [0.1, 0.15) is 12.6 Å². The van der Waals surface area contributed by atoms with Crippen molar-refractivity contribution < 1.29 is 14.3 Å². The third-order valence-electron chi connectivity index (χ3n) is 5.95. The smallest absolute Gasteiger partial charge is 0.410 e. The minimum absolute atomic E-state index is 0.190. The van der Waals surface area contributed by atoms with Crippen molar-refractivity contribution in [3.05, 3.63) is 70.1 Å². The minimum Gasteiger partial charge on any atom is -0.445 e. The van der Waals surface area contributed by atoms with Crippen LogP contribution >= 0.6 is 11.3 Å². The summed E-state index contributed by atoms with van der Waals surface area (Å²) >= 11 is 1.39. The first-order valence-corrected chi connectivity index (χ1v) is 11.6. The second kappa shape index (κ2) is 9.53. The third kappa shape index (κ3) is 4.83. The molecular formula is C25H27N3O3S. The third-order valence-corrected chi connectivity index (χ3v) is 6.71. The summed E-state index contributed by atoms with van der Waals surface area (Å²) in [6.45, 7) is 6.99. The maximum Gasteiger partial charge on any atom is 0.410 e. The summed E-state index contributed by atoms with van der Waals surface area (Å²) in [7, 11) is 0. The quantitative estimate of drug-likeness (QED) is 0.560. The number of hydrogen-bond acceptors (Lipinski definition) is 5. The van der Waals surface area contributed by atoms with Crippen molar-refractivity contribution in [3.8, 4) is 11.3 Å². The lowest BCUT2D eigenvalue weighted by atomic mass is 9.99. The zero-order valence-corrected chi connectivity index (χ0v) is 19.4. The number of carbonyl (C=O) groups excluding carboxylic acids is 2. The zero-order valence-electron chi connectivity index (χ0n) is 18.6. The zero-order chi connectivity index (χ0) is 22.7. The van der Waals surface area contributed by atoms with E-state index in [1.807, 2.05) is 35.7 Å². The molecule has 1 fully saturated rings. The number of ether oxygens (including phenoxy) is 1. The number of thiazole rings is 1. The first-order valence-electron chi connectivity index (χ1n) is 10.7. The van der Waals surface area contributed by atoms with E-state index in [1.165, 1.54) is 32.9 Å². The summed E-state index contributed by atoms with van der Waals surface area (Å²) in [5.41, 5.74) is 6.50. The van der Waals surface area contributed by atoms with E-state index >= 15 is 0 Å². The number of likely N-dealkylation sites (tertiary alicyclic amines) is 1. The fraction of sp³-hybridized carbons (Fsp3) is 0.320. The largest absolute Gasteiger partial charge is 0.445 e. The molecule has 7 heteroatoms. The van der Waals surface area contributed by atoms with Crippen molar-refractivity contribution in [2.45, 2.75) is 46.3 Å². The Balaban J connectivity index is 1.39. The van der Waals surface area contributed by atoms with E-state index in [9.17, 15) is 9.59 Å². The van der Waals surface area contributed by atoms with E-state index < -0.39 is 12.1 Å². The van der Waals surface area contributed by atoms with Gasteiger partial charge in [0, 0.05) is 17.5 Å². The Labute approximate surface area is 192 Å². The lowest BCUT2D eigenvalue weighted by Gasteiger charge is -2.22. The molecule has 1 atom stereocenters. The number of aromatic nitrogens is 1. The van der Waals surface area contributed by atoms with Crippen molar-refractivity contribution >= 4 is 28.5 Å². The highest BCUT2D eigenvalue weighted by molar-refractivity contribution is 7.14. The SMILES string of the molecule is Cc1cc(-c2csc(NC(=O)[C@@H]3CCCN3C(=O)OCc3ccccc3)n2)cc(C)c1C. The van der Waals surface area contributed by atoms with Gasteiger partial charge in [-0.25, -0.2) is 9.78 Å². The number of nitrogens with zero attached hydrogens (tertiary/aromatic N) is 2. The molecule has 2 heterocycles. The van der Waals surface area contributed by atoms with E-state index in [1.54, 1.807) is 0 Å². The van der Waals surface area contributed by atoms with Gasteiger partial charge < -0.3 is 10.1 Å². The summed E-state index contributed by atoms with van der Waals surface area (Å²) in [6.07, 6.45) is 0.918. The number of nitrogens with one attached hydrogen (secondary N) is 1. The van der Waals surface area contributed by atoms with Gasteiger partial charge in [0.2, 0.25) is 5.91 Å². The number of hydrogen-bond donors (Lipinski definition) is 1. The fourth-order valence-corrected chi connectivity index (χ4v) is 4.62. The molecular weight excluding hydrogens is 422 g/mol. The van der Waals surface area contributed by atoms with E-state index in [0.29, 0.717) is 18.1 Å². The molecule has 2 aromatic carbocycles. The molecule has 1 saturated heterocycles. The van der Waals surface area contributed by atoms with Crippen LogP contribution < -0.4 is 5.32 Å². The normalized spacial score (nSPS) is 15.6. The van der Waals surface area contributed by atoms with Crippen molar-refractivity contribution in [1.29, 1.82) is 0 Å². The molecule has 0 radical (unpaired) electrons. The molecule has 0 spiro atoms. The molecule has 6 nitrogen and oxygen atoms in total. The Bertz CT molecular complexity index is 1100. The molecule has 1 aliphatic rings. The predicted molar refractivity (Wildman–Crippen MR) is 127 cm³/mol. The van der Waals surface area contributed by atoms with Gasteiger partial charge in [0.15, 0.2) is 5.13 Å². The van der Waals surface area contributed by atoms with Crippen LogP contribution in [-0.2, 0) is 16.1 Å². The highest BCUT2D eigenvalue weighted by Gasteiger charge is 2.35. The first-order chi connectivity index (χ1) is 15.4. The van der Waals surface area contributed by atoms with E-state index in [4.69, 9.17) is 4.74 Å². The number of rotatable bonds is 5. The van der Waals surface area contributed by atoms with Crippen LogP contribution in [0.2, 0.25) is 0 Å². The van der Waals surface area contributed by atoms with Crippen LogP contribution in [-0.4, -0.2) is 34.5 Å². The Hall–Kier alpha value is -3.19. The molecule has 0 bridgehead atoms. The summed E-state index contributed by atoms with van der Waals surface area (Å²) in [6, 6.07) is 13.2. The molecule has 1 N–H and O–H groups in total. The minimum atomic E-state index is -0.547. The Morgan fingerprint density at radius 1 is 1.16 bits per heavy atom.